The summed E-state index contributed by atoms with van der Waals surface area (Å²) in [5.41, 5.74) is 0.725. The predicted octanol–water partition coefficient (Wildman–Crippen LogP) is 4.97. The number of aliphatic hydroxyl groups is 1. The molecule has 1 atom stereocenters. The second-order valence-corrected chi connectivity index (χ2v) is 3.28. The Morgan fingerprint density at radius 2 is 1.42 bits per heavy atom. The Labute approximate surface area is 119 Å². The van der Waals surface area contributed by atoms with Crippen LogP contribution in [0.1, 0.15) is 65.2 Å². The lowest BCUT2D eigenvalue weighted by atomic mass is 10.0. The third-order valence-electron chi connectivity index (χ3n) is 1.94. The molecule has 2 heteroatoms. The summed E-state index contributed by atoms with van der Waals surface area (Å²) in [4.78, 5) is 11.5. The highest BCUT2D eigenvalue weighted by Crippen LogP contribution is 2.08. The summed E-state index contributed by atoms with van der Waals surface area (Å²) in [7, 11) is 0. The van der Waals surface area contributed by atoms with E-state index in [1.54, 1.807) is 12.1 Å². The van der Waals surface area contributed by atoms with E-state index in [2.05, 4.69) is 0 Å². The summed E-state index contributed by atoms with van der Waals surface area (Å²) in [6, 6.07) is 9.17. The molecule has 0 heterocycles. The lowest BCUT2D eigenvalue weighted by Crippen LogP contribution is -2.08. The molecular weight excluding hydrogens is 236 g/mol. The molecule has 1 N–H and O–H groups in total. The van der Waals surface area contributed by atoms with Crippen molar-refractivity contribution >= 4 is 5.78 Å². The summed E-state index contributed by atoms with van der Waals surface area (Å²) in [5, 5.41) is 8.78. The fourth-order valence-electron chi connectivity index (χ4n) is 1.12. The Kier molecular flexibility index (Phi) is 23.2. The van der Waals surface area contributed by atoms with Gasteiger partial charge >= 0.3 is 0 Å². The normalized spacial score (nSPS) is 9.47. The van der Waals surface area contributed by atoms with E-state index in [9.17, 15) is 4.79 Å². The number of rotatable bonds is 4. The van der Waals surface area contributed by atoms with Gasteiger partial charge in [-0.15, -0.1) is 0 Å². The van der Waals surface area contributed by atoms with Gasteiger partial charge in [-0.05, 0) is 5.92 Å². The van der Waals surface area contributed by atoms with Gasteiger partial charge in [0.05, 0.1) is 0 Å². The van der Waals surface area contributed by atoms with Crippen molar-refractivity contribution in [1.82, 2.24) is 0 Å². The van der Waals surface area contributed by atoms with Gasteiger partial charge in [0.25, 0.3) is 0 Å². The summed E-state index contributed by atoms with van der Waals surface area (Å²) in [5.74, 6) is 0.148. The number of ketones is 1. The number of aliphatic hydroxyl groups excluding tert-OH is 1. The van der Waals surface area contributed by atoms with Gasteiger partial charge in [-0.2, -0.15) is 0 Å². The first-order chi connectivity index (χ1) is 9.24. The van der Waals surface area contributed by atoms with E-state index in [4.69, 9.17) is 5.11 Å². The second-order valence-electron chi connectivity index (χ2n) is 3.28. The molecule has 0 bridgehead atoms. The lowest BCUT2D eigenvalue weighted by Gasteiger charge is -2.05. The van der Waals surface area contributed by atoms with Crippen molar-refractivity contribution in [3.05, 3.63) is 35.9 Å². The van der Waals surface area contributed by atoms with E-state index in [-0.39, 0.29) is 18.3 Å². The molecule has 0 aliphatic heterocycles. The summed E-state index contributed by atoms with van der Waals surface area (Å²) in [6.07, 6.45) is 0.417. The standard InChI is InChI=1S/C11H14O2.3C2H6/c1-9(8-12)7-11(13)10-5-3-2-4-6-10;3*1-2/h2-6,9,12H,7-8H2,1H3;3*1-2H3/t9-;;;/m1.../s1. The van der Waals surface area contributed by atoms with Crippen LogP contribution < -0.4 is 0 Å². The largest absolute Gasteiger partial charge is 0.396 e. The molecule has 0 fully saturated rings. The highest BCUT2D eigenvalue weighted by atomic mass is 16.3. The fourth-order valence-corrected chi connectivity index (χ4v) is 1.12. The number of carbonyl (C=O) groups excluding carboxylic acids is 1. The molecule has 0 saturated heterocycles. The van der Waals surface area contributed by atoms with Gasteiger partial charge in [-0.1, -0.05) is 78.8 Å². The van der Waals surface area contributed by atoms with Crippen molar-refractivity contribution in [3.63, 3.8) is 0 Å². The fraction of sp³-hybridized carbons (Fsp3) is 0.588. The number of hydrogen-bond donors (Lipinski definition) is 1. The highest BCUT2D eigenvalue weighted by Gasteiger charge is 2.09. The van der Waals surface area contributed by atoms with Crippen LogP contribution in [-0.4, -0.2) is 17.5 Å². The van der Waals surface area contributed by atoms with Gasteiger partial charge in [-0.3, -0.25) is 4.79 Å². The Morgan fingerprint density at radius 3 is 1.79 bits per heavy atom. The smallest absolute Gasteiger partial charge is 0.163 e. The zero-order valence-electron chi connectivity index (χ0n) is 13.7. The minimum absolute atomic E-state index is 0.0488. The van der Waals surface area contributed by atoms with Crippen LogP contribution in [0, 0.1) is 5.92 Å². The average Bonchev–Trinajstić information content (AvgIpc) is 2.54. The average molecular weight is 268 g/mol. The first kappa shape index (κ1) is 23.0. The van der Waals surface area contributed by atoms with Gasteiger partial charge in [-0.25, -0.2) is 0 Å². The Balaban J connectivity index is -0.000000375. The minimum Gasteiger partial charge on any atom is -0.396 e. The molecule has 0 unspecified atom stereocenters. The van der Waals surface area contributed by atoms with E-state index in [0.29, 0.717) is 6.42 Å². The van der Waals surface area contributed by atoms with Gasteiger partial charge in [0, 0.05) is 18.6 Å². The van der Waals surface area contributed by atoms with Crippen molar-refractivity contribution in [2.24, 2.45) is 5.92 Å². The number of Topliss-reactive ketones (excluding diaryl/α,β-unsaturated/α-hetero) is 1. The summed E-state index contributed by atoms with van der Waals surface area (Å²) < 4.78 is 0. The third-order valence-corrected chi connectivity index (χ3v) is 1.94. The van der Waals surface area contributed by atoms with Crippen LogP contribution in [0.15, 0.2) is 30.3 Å². The first-order valence-electron chi connectivity index (χ1n) is 7.43. The van der Waals surface area contributed by atoms with Gasteiger partial charge in [0.2, 0.25) is 0 Å². The lowest BCUT2D eigenvalue weighted by molar-refractivity contribution is 0.0943. The van der Waals surface area contributed by atoms with Crippen molar-refractivity contribution in [2.45, 2.75) is 54.9 Å². The number of carbonyl (C=O) groups is 1. The van der Waals surface area contributed by atoms with Crippen molar-refractivity contribution in [1.29, 1.82) is 0 Å². The van der Waals surface area contributed by atoms with Crippen LogP contribution in [0.5, 0.6) is 0 Å². The molecule has 0 aliphatic carbocycles. The van der Waals surface area contributed by atoms with Crippen LogP contribution in [0.3, 0.4) is 0 Å². The topological polar surface area (TPSA) is 37.3 Å². The van der Waals surface area contributed by atoms with E-state index < -0.39 is 0 Å². The first-order valence-corrected chi connectivity index (χ1v) is 7.43. The maximum atomic E-state index is 11.5. The maximum Gasteiger partial charge on any atom is 0.163 e. The molecule has 0 aromatic heterocycles. The molecule has 2 nitrogen and oxygen atoms in total. The van der Waals surface area contributed by atoms with E-state index in [1.807, 2.05) is 66.7 Å². The van der Waals surface area contributed by atoms with Gasteiger partial charge in [0.15, 0.2) is 5.78 Å². The van der Waals surface area contributed by atoms with E-state index in [1.165, 1.54) is 0 Å². The monoisotopic (exact) mass is 268 g/mol. The highest BCUT2D eigenvalue weighted by molar-refractivity contribution is 5.96. The predicted molar refractivity (Wildman–Crippen MR) is 85.7 cm³/mol. The molecule has 0 radical (unpaired) electrons. The minimum atomic E-state index is 0.0488. The van der Waals surface area contributed by atoms with Crippen LogP contribution >= 0.6 is 0 Å². The Hall–Kier alpha value is -1.15. The van der Waals surface area contributed by atoms with Crippen molar-refractivity contribution in [2.75, 3.05) is 6.61 Å². The van der Waals surface area contributed by atoms with Gasteiger partial charge < -0.3 is 5.11 Å². The number of benzene rings is 1. The van der Waals surface area contributed by atoms with E-state index >= 15 is 0 Å². The zero-order valence-corrected chi connectivity index (χ0v) is 13.7. The summed E-state index contributed by atoms with van der Waals surface area (Å²) in [6.45, 7) is 13.9. The Bertz CT molecular complexity index is 268. The Morgan fingerprint density at radius 1 is 1.00 bits per heavy atom. The SMILES string of the molecule is CC.CC.CC.C[C@@H](CO)CC(=O)c1ccccc1. The molecule has 0 amide bonds. The molecule has 112 valence electrons. The van der Waals surface area contributed by atoms with Crippen molar-refractivity contribution < 1.29 is 9.90 Å². The molecule has 1 rings (SSSR count). The summed E-state index contributed by atoms with van der Waals surface area (Å²) >= 11 is 0. The number of hydrogen-bond acceptors (Lipinski definition) is 2. The molecule has 0 saturated carbocycles. The zero-order chi connectivity index (χ0) is 15.7. The molecule has 0 spiro atoms. The second kappa shape index (κ2) is 19.2. The molecular formula is C17H32O2. The quantitative estimate of drug-likeness (QED) is 0.783. The van der Waals surface area contributed by atoms with Gasteiger partial charge in [0.1, 0.15) is 0 Å². The van der Waals surface area contributed by atoms with Crippen LogP contribution in [-0.2, 0) is 0 Å². The maximum absolute atomic E-state index is 11.5. The van der Waals surface area contributed by atoms with Crippen LogP contribution in [0.2, 0.25) is 0 Å². The van der Waals surface area contributed by atoms with E-state index in [0.717, 1.165) is 5.56 Å². The molecule has 1 aromatic rings. The molecule has 19 heavy (non-hydrogen) atoms. The third kappa shape index (κ3) is 13.1. The van der Waals surface area contributed by atoms with Crippen LogP contribution in [0.25, 0.3) is 0 Å². The molecule has 1 aromatic carbocycles. The van der Waals surface area contributed by atoms with Crippen molar-refractivity contribution in [3.8, 4) is 0 Å². The molecule has 0 aliphatic rings. The van der Waals surface area contributed by atoms with Crippen LogP contribution in [0.4, 0.5) is 0 Å².